The van der Waals surface area contributed by atoms with Crippen molar-refractivity contribution in [2.45, 2.75) is 26.3 Å². The second kappa shape index (κ2) is 6.66. The predicted molar refractivity (Wildman–Crippen MR) is 86.6 cm³/mol. The van der Waals surface area contributed by atoms with Crippen LogP contribution in [-0.2, 0) is 6.42 Å². The minimum Gasteiger partial charge on any atom is -0.361 e. The molecule has 0 unspecified atom stereocenters. The fourth-order valence-corrected chi connectivity index (χ4v) is 2.31. The lowest BCUT2D eigenvalue weighted by Gasteiger charge is -2.14. The van der Waals surface area contributed by atoms with E-state index in [0.29, 0.717) is 6.04 Å². The van der Waals surface area contributed by atoms with Crippen molar-refractivity contribution < 1.29 is 0 Å². The van der Waals surface area contributed by atoms with E-state index >= 15 is 0 Å². The molecule has 0 aliphatic rings. The Balaban J connectivity index is 1.97. The smallest absolute Gasteiger partial charge is 0.191 e. The van der Waals surface area contributed by atoms with Gasteiger partial charge < -0.3 is 15.6 Å². The molecule has 0 spiro atoms. The van der Waals surface area contributed by atoms with Gasteiger partial charge in [-0.1, -0.05) is 11.6 Å². The number of aliphatic imine (C=N–C) groups is 1. The van der Waals surface area contributed by atoms with E-state index in [9.17, 15) is 0 Å². The highest BCUT2D eigenvalue weighted by Gasteiger charge is 2.05. The molecule has 0 fully saturated rings. The number of hydrogen-bond donors (Lipinski definition) is 3. The molecular formula is C15H21ClN4. The van der Waals surface area contributed by atoms with Gasteiger partial charge in [0.2, 0.25) is 0 Å². The van der Waals surface area contributed by atoms with E-state index in [-0.39, 0.29) is 0 Å². The highest BCUT2D eigenvalue weighted by Crippen LogP contribution is 2.22. The minimum absolute atomic E-state index is 0.369. The standard InChI is InChI=1S/C15H21ClN4/c1-10(2)20-15(17-3)18-7-6-11-9-19-14-5-4-12(16)8-13(11)14/h4-5,8-10,19H,6-7H2,1-3H3,(H2,17,18,20). The number of benzene rings is 1. The Bertz CT molecular complexity index is 601. The molecule has 1 aromatic heterocycles. The summed E-state index contributed by atoms with van der Waals surface area (Å²) in [5.74, 6) is 0.831. The Morgan fingerprint density at radius 1 is 1.40 bits per heavy atom. The van der Waals surface area contributed by atoms with Crippen molar-refractivity contribution >= 4 is 28.5 Å². The quantitative estimate of drug-likeness (QED) is 0.599. The molecule has 4 nitrogen and oxygen atoms in total. The zero-order chi connectivity index (χ0) is 14.5. The Hall–Kier alpha value is -1.68. The maximum Gasteiger partial charge on any atom is 0.191 e. The Morgan fingerprint density at radius 2 is 2.20 bits per heavy atom. The molecule has 0 aliphatic carbocycles. The van der Waals surface area contributed by atoms with Crippen LogP contribution < -0.4 is 10.6 Å². The maximum atomic E-state index is 6.05. The average molecular weight is 293 g/mol. The molecule has 0 radical (unpaired) electrons. The third-order valence-electron chi connectivity index (χ3n) is 3.07. The highest BCUT2D eigenvalue weighted by atomic mass is 35.5. The van der Waals surface area contributed by atoms with Crippen LogP contribution in [0.25, 0.3) is 10.9 Å². The summed E-state index contributed by atoms with van der Waals surface area (Å²) in [5.41, 5.74) is 2.38. The molecule has 3 N–H and O–H groups in total. The zero-order valence-electron chi connectivity index (χ0n) is 12.1. The van der Waals surface area contributed by atoms with Gasteiger partial charge in [0, 0.05) is 41.8 Å². The van der Waals surface area contributed by atoms with Gasteiger partial charge in [0.15, 0.2) is 5.96 Å². The number of rotatable bonds is 4. The molecule has 108 valence electrons. The van der Waals surface area contributed by atoms with E-state index in [4.69, 9.17) is 11.6 Å². The topological polar surface area (TPSA) is 52.2 Å². The molecule has 0 aliphatic heterocycles. The summed E-state index contributed by atoms with van der Waals surface area (Å²) in [4.78, 5) is 7.46. The number of fused-ring (bicyclic) bond motifs is 1. The first-order valence-corrected chi connectivity index (χ1v) is 7.20. The molecular weight excluding hydrogens is 272 g/mol. The summed E-state index contributed by atoms with van der Waals surface area (Å²) in [6.45, 7) is 5.01. The summed E-state index contributed by atoms with van der Waals surface area (Å²) in [7, 11) is 1.78. The van der Waals surface area contributed by atoms with Crippen molar-refractivity contribution in [2.24, 2.45) is 4.99 Å². The Kier molecular flexibility index (Phi) is 4.90. The van der Waals surface area contributed by atoms with Gasteiger partial charge in [0.05, 0.1) is 0 Å². The Morgan fingerprint density at radius 3 is 2.90 bits per heavy atom. The number of nitrogens with zero attached hydrogens (tertiary/aromatic N) is 1. The first-order chi connectivity index (χ1) is 9.60. The lowest BCUT2D eigenvalue weighted by molar-refractivity contribution is 0.698. The summed E-state index contributed by atoms with van der Waals surface area (Å²) in [6, 6.07) is 6.28. The van der Waals surface area contributed by atoms with E-state index in [1.54, 1.807) is 7.05 Å². The first kappa shape index (κ1) is 14.7. The number of nitrogens with one attached hydrogen (secondary N) is 3. The van der Waals surface area contributed by atoms with Crippen molar-refractivity contribution in [3.05, 3.63) is 35.0 Å². The SMILES string of the molecule is CN=C(NCCc1c[nH]c2ccc(Cl)cc12)NC(C)C. The Labute approximate surface area is 124 Å². The van der Waals surface area contributed by atoms with Crippen molar-refractivity contribution in [3.8, 4) is 0 Å². The van der Waals surface area contributed by atoms with Gasteiger partial charge in [-0.3, -0.25) is 4.99 Å². The van der Waals surface area contributed by atoms with Crippen LogP contribution in [0.5, 0.6) is 0 Å². The van der Waals surface area contributed by atoms with Gasteiger partial charge in [0.1, 0.15) is 0 Å². The number of guanidine groups is 1. The number of halogens is 1. The molecule has 0 bridgehead atoms. The fourth-order valence-electron chi connectivity index (χ4n) is 2.14. The lowest BCUT2D eigenvalue weighted by Crippen LogP contribution is -2.41. The molecule has 0 atom stereocenters. The number of aromatic nitrogens is 1. The van der Waals surface area contributed by atoms with Gasteiger partial charge in [-0.25, -0.2) is 0 Å². The second-order valence-electron chi connectivity index (χ2n) is 5.05. The van der Waals surface area contributed by atoms with Gasteiger partial charge in [0.25, 0.3) is 0 Å². The van der Waals surface area contributed by atoms with Crippen LogP contribution >= 0.6 is 11.6 Å². The molecule has 1 heterocycles. The largest absolute Gasteiger partial charge is 0.361 e. The van der Waals surface area contributed by atoms with Crippen LogP contribution in [0, 0.1) is 0 Å². The predicted octanol–water partition coefficient (Wildman–Crippen LogP) is 2.94. The molecule has 2 aromatic rings. The molecule has 0 saturated heterocycles. The summed E-state index contributed by atoms with van der Waals surface area (Å²) in [5, 5.41) is 8.53. The van der Waals surface area contributed by atoms with Gasteiger partial charge >= 0.3 is 0 Å². The number of aromatic amines is 1. The normalized spacial score (nSPS) is 12.2. The summed E-state index contributed by atoms with van der Waals surface area (Å²) in [6.07, 6.45) is 2.96. The van der Waals surface area contributed by atoms with Crippen LogP contribution in [0.2, 0.25) is 5.02 Å². The minimum atomic E-state index is 0.369. The van der Waals surface area contributed by atoms with Crippen molar-refractivity contribution in [2.75, 3.05) is 13.6 Å². The molecule has 2 rings (SSSR count). The molecule has 20 heavy (non-hydrogen) atoms. The number of hydrogen-bond acceptors (Lipinski definition) is 1. The fraction of sp³-hybridized carbons (Fsp3) is 0.400. The highest BCUT2D eigenvalue weighted by molar-refractivity contribution is 6.31. The van der Waals surface area contributed by atoms with Gasteiger partial charge in [-0.2, -0.15) is 0 Å². The monoisotopic (exact) mass is 292 g/mol. The van der Waals surface area contributed by atoms with Crippen LogP contribution in [0.4, 0.5) is 0 Å². The van der Waals surface area contributed by atoms with Crippen molar-refractivity contribution in [1.29, 1.82) is 0 Å². The van der Waals surface area contributed by atoms with Crippen LogP contribution in [0.15, 0.2) is 29.4 Å². The van der Waals surface area contributed by atoms with E-state index in [1.165, 1.54) is 10.9 Å². The van der Waals surface area contributed by atoms with Gasteiger partial charge in [-0.15, -0.1) is 0 Å². The average Bonchev–Trinajstić information content (AvgIpc) is 2.79. The third-order valence-corrected chi connectivity index (χ3v) is 3.30. The second-order valence-corrected chi connectivity index (χ2v) is 5.49. The van der Waals surface area contributed by atoms with E-state index < -0.39 is 0 Å². The lowest BCUT2D eigenvalue weighted by atomic mass is 10.1. The molecule has 0 amide bonds. The molecule has 0 saturated carbocycles. The first-order valence-electron chi connectivity index (χ1n) is 6.83. The van der Waals surface area contributed by atoms with Crippen LogP contribution in [0.3, 0.4) is 0 Å². The van der Waals surface area contributed by atoms with Crippen molar-refractivity contribution in [3.63, 3.8) is 0 Å². The number of H-pyrrole nitrogens is 1. The van der Waals surface area contributed by atoms with Crippen LogP contribution in [0.1, 0.15) is 19.4 Å². The summed E-state index contributed by atoms with van der Waals surface area (Å²) >= 11 is 6.05. The molecule has 5 heteroatoms. The van der Waals surface area contributed by atoms with E-state index in [2.05, 4.69) is 34.5 Å². The van der Waals surface area contributed by atoms with Crippen molar-refractivity contribution in [1.82, 2.24) is 15.6 Å². The van der Waals surface area contributed by atoms with Crippen LogP contribution in [-0.4, -0.2) is 30.6 Å². The van der Waals surface area contributed by atoms with E-state index in [0.717, 1.165) is 29.5 Å². The van der Waals surface area contributed by atoms with E-state index in [1.807, 2.05) is 24.4 Å². The maximum absolute atomic E-state index is 6.05. The summed E-state index contributed by atoms with van der Waals surface area (Å²) < 4.78 is 0. The molecule has 1 aromatic carbocycles. The third kappa shape index (κ3) is 3.67. The van der Waals surface area contributed by atoms with Gasteiger partial charge in [-0.05, 0) is 44.0 Å². The zero-order valence-corrected chi connectivity index (χ0v) is 12.9.